The van der Waals surface area contributed by atoms with Crippen LogP contribution < -0.4 is 4.90 Å². The van der Waals surface area contributed by atoms with Crippen LogP contribution in [0.2, 0.25) is 5.02 Å². The molecule has 2 saturated heterocycles. The Bertz CT molecular complexity index is 624. The molecule has 0 unspecified atom stereocenters. The van der Waals surface area contributed by atoms with E-state index in [1.54, 1.807) is 0 Å². The van der Waals surface area contributed by atoms with Crippen molar-refractivity contribution in [2.45, 2.75) is 38.3 Å². The van der Waals surface area contributed by atoms with Gasteiger partial charge in [0.15, 0.2) is 0 Å². The topological polar surface area (TPSA) is 36.4 Å². The average Bonchev–Trinajstić information content (AvgIpc) is 2.61. The molecule has 0 aliphatic carbocycles. The van der Waals surface area contributed by atoms with E-state index in [1.807, 2.05) is 9.80 Å². The summed E-state index contributed by atoms with van der Waals surface area (Å²) in [6.07, 6.45) is 1.02. The fourth-order valence-corrected chi connectivity index (χ4v) is 3.82. The highest BCUT2D eigenvalue weighted by molar-refractivity contribution is 6.33. The normalized spacial score (nSPS) is 20.0. The number of alkyl halides is 3. The Morgan fingerprint density at radius 2 is 1.76 bits per heavy atom. The third-order valence-electron chi connectivity index (χ3n) is 4.96. The summed E-state index contributed by atoms with van der Waals surface area (Å²) >= 11 is 6.01. The minimum Gasteiger partial charge on any atom is -0.355 e. The summed E-state index contributed by atoms with van der Waals surface area (Å²) in [4.78, 5) is 20.3. The van der Waals surface area contributed by atoms with Gasteiger partial charge in [0.05, 0.1) is 10.6 Å². The maximum absolute atomic E-state index is 12.7. The van der Waals surface area contributed by atoms with Crippen LogP contribution in [0.4, 0.5) is 19.0 Å². The Hall–Kier alpha value is -1.50. The van der Waals surface area contributed by atoms with Crippen LogP contribution in [0, 0.1) is 5.92 Å². The van der Waals surface area contributed by atoms with E-state index in [4.69, 9.17) is 11.6 Å². The van der Waals surface area contributed by atoms with E-state index in [1.165, 1.54) is 6.42 Å². The molecule has 0 spiro atoms. The Morgan fingerprint density at radius 1 is 1.12 bits per heavy atom. The van der Waals surface area contributed by atoms with Crippen molar-refractivity contribution in [2.75, 3.05) is 31.1 Å². The van der Waals surface area contributed by atoms with Crippen molar-refractivity contribution in [1.29, 1.82) is 0 Å². The van der Waals surface area contributed by atoms with Gasteiger partial charge in [-0.3, -0.25) is 4.79 Å². The zero-order chi connectivity index (χ0) is 18.0. The maximum atomic E-state index is 12.7. The minimum absolute atomic E-state index is 0.00404. The molecular weight excluding hydrogens is 355 g/mol. The van der Waals surface area contributed by atoms with E-state index in [0.29, 0.717) is 31.7 Å². The van der Waals surface area contributed by atoms with E-state index in [0.717, 1.165) is 38.2 Å². The van der Waals surface area contributed by atoms with Gasteiger partial charge in [0.1, 0.15) is 5.82 Å². The lowest BCUT2D eigenvalue weighted by Crippen LogP contribution is -2.44. The Morgan fingerprint density at radius 3 is 2.32 bits per heavy atom. The molecule has 4 nitrogen and oxygen atoms in total. The van der Waals surface area contributed by atoms with Crippen LogP contribution in [-0.4, -0.2) is 42.0 Å². The van der Waals surface area contributed by atoms with Crippen LogP contribution in [0.3, 0.4) is 0 Å². The molecule has 0 radical (unpaired) electrons. The molecule has 0 aromatic carbocycles. The number of carbonyl (C=O) groups is 1. The molecule has 1 aromatic heterocycles. The van der Waals surface area contributed by atoms with Crippen molar-refractivity contribution >= 4 is 23.3 Å². The molecule has 0 saturated carbocycles. The first-order chi connectivity index (χ1) is 11.9. The van der Waals surface area contributed by atoms with E-state index in [-0.39, 0.29) is 16.8 Å². The van der Waals surface area contributed by atoms with Crippen molar-refractivity contribution in [3.05, 3.63) is 22.8 Å². The summed E-state index contributed by atoms with van der Waals surface area (Å²) in [5.41, 5.74) is -0.851. The van der Waals surface area contributed by atoms with Crippen molar-refractivity contribution in [3.63, 3.8) is 0 Å². The first kappa shape index (κ1) is 18.3. The third kappa shape index (κ3) is 4.19. The van der Waals surface area contributed by atoms with E-state index < -0.39 is 11.7 Å². The van der Waals surface area contributed by atoms with Crippen LogP contribution in [0.5, 0.6) is 0 Å². The molecule has 3 rings (SSSR count). The lowest BCUT2D eigenvalue weighted by Gasteiger charge is -2.36. The molecule has 8 heteroatoms. The van der Waals surface area contributed by atoms with Crippen molar-refractivity contribution in [2.24, 2.45) is 5.92 Å². The number of carbonyl (C=O) groups excluding carboxylic acids is 1. The Labute approximate surface area is 149 Å². The van der Waals surface area contributed by atoms with Gasteiger partial charge >= 0.3 is 6.18 Å². The number of anilines is 1. The van der Waals surface area contributed by atoms with Crippen LogP contribution in [0.1, 0.15) is 37.7 Å². The second kappa shape index (κ2) is 7.40. The molecular formula is C17H21ClF3N3O. The number of amides is 1. The number of pyridine rings is 1. The number of nitrogens with zero attached hydrogens (tertiary/aromatic N) is 3. The summed E-state index contributed by atoms with van der Waals surface area (Å²) in [7, 11) is 0. The largest absolute Gasteiger partial charge is 0.417 e. The van der Waals surface area contributed by atoms with Crippen LogP contribution >= 0.6 is 11.6 Å². The zero-order valence-corrected chi connectivity index (χ0v) is 14.6. The zero-order valence-electron chi connectivity index (χ0n) is 13.9. The summed E-state index contributed by atoms with van der Waals surface area (Å²) in [6.45, 7) is 2.82. The van der Waals surface area contributed by atoms with Gasteiger partial charge in [0.2, 0.25) is 5.91 Å². The van der Waals surface area contributed by atoms with Gasteiger partial charge in [-0.05, 0) is 38.2 Å². The molecule has 0 atom stereocenters. The van der Waals surface area contributed by atoms with Gasteiger partial charge in [0, 0.05) is 38.3 Å². The molecule has 1 aromatic rings. The first-order valence-electron chi connectivity index (χ1n) is 8.63. The molecule has 3 heterocycles. The number of aromatic nitrogens is 1. The lowest BCUT2D eigenvalue weighted by atomic mass is 9.94. The van der Waals surface area contributed by atoms with Crippen LogP contribution in [0.25, 0.3) is 0 Å². The second-order valence-electron chi connectivity index (χ2n) is 6.67. The average molecular weight is 376 g/mol. The maximum Gasteiger partial charge on any atom is 0.417 e. The van der Waals surface area contributed by atoms with Gasteiger partial charge in [-0.2, -0.15) is 13.2 Å². The highest BCUT2D eigenvalue weighted by atomic mass is 35.5. The third-order valence-corrected chi connectivity index (χ3v) is 5.24. The summed E-state index contributed by atoms with van der Waals surface area (Å²) in [6, 6.07) is 0.912. The number of piperidine rings is 2. The highest BCUT2D eigenvalue weighted by Gasteiger charge is 2.33. The van der Waals surface area contributed by atoms with Crippen molar-refractivity contribution < 1.29 is 18.0 Å². The Balaban J connectivity index is 1.61. The smallest absolute Gasteiger partial charge is 0.355 e. The molecule has 1 amide bonds. The molecule has 138 valence electrons. The first-order valence-corrected chi connectivity index (χ1v) is 9.00. The SMILES string of the molecule is O=C(C1CCN(c2ncc(C(F)(F)F)cc2Cl)CC1)N1CCCCC1. The Kier molecular flexibility index (Phi) is 5.41. The molecule has 2 aliphatic heterocycles. The number of halogens is 4. The minimum atomic E-state index is -4.46. The standard InChI is InChI=1S/C17H21ClF3N3O/c18-14-10-13(17(19,20)21)11-22-15(14)23-8-4-12(5-9-23)16(25)24-6-2-1-3-7-24/h10-12H,1-9H2. The van der Waals surface area contributed by atoms with E-state index in [9.17, 15) is 18.0 Å². The molecule has 2 aliphatic rings. The summed E-state index contributed by atoms with van der Waals surface area (Å²) in [5.74, 6) is 0.562. The number of hydrogen-bond donors (Lipinski definition) is 0. The number of likely N-dealkylation sites (tertiary alicyclic amines) is 1. The molecule has 0 N–H and O–H groups in total. The van der Waals surface area contributed by atoms with Crippen LogP contribution in [-0.2, 0) is 11.0 Å². The van der Waals surface area contributed by atoms with Crippen molar-refractivity contribution in [1.82, 2.24) is 9.88 Å². The quantitative estimate of drug-likeness (QED) is 0.784. The predicted molar refractivity (Wildman–Crippen MR) is 89.6 cm³/mol. The highest BCUT2D eigenvalue weighted by Crippen LogP contribution is 2.34. The fourth-order valence-electron chi connectivity index (χ4n) is 3.53. The van der Waals surface area contributed by atoms with Crippen LogP contribution in [0.15, 0.2) is 12.3 Å². The van der Waals surface area contributed by atoms with Gasteiger partial charge in [-0.15, -0.1) is 0 Å². The fraction of sp³-hybridized carbons (Fsp3) is 0.647. The molecule has 0 bridgehead atoms. The lowest BCUT2D eigenvalue weighted by molar-refractivity contribution is -0.138. The van der Waals surface area contributed by atoms with Gasteiger partial charge in [0.25, 0.3) is 0 Å². The van der Waals surface area contributed by atoms with Gasteiger partial charge in [-0.25, -0.2) is 4.98 Å². The number of rotatable bonds is 2. The predicted octanol–water partition coefficient (Wildman–Crippen LogP) is 3.98. The summed E-state index contributed by atoms with van der Waals surface area (Å²) in [5, 5.41) is -0.00404. The molecule has 25 heavy (non-hydrogen) atoms. The number of hydrogen-bond acceptors (Lipinski definition) is 3. The second-order valence-corrected chi connectivity index (χ2v) is 7.08. The molecule has 2 fully saturated rings. The van der Waals surface area contributed by atoms with E-state index in [2.05, 4.69) is 4.98 Å². The monoisotopic (exact) mass is 375 g/mol. The van der Waals surface area contributed by atoms with E-state index >= 15 is 0 Å². The van der Waals surface area contributed by atoms with Crippen molar-refractivity contribution in [3.8, 4) is 0 Å². The van der Waals surface area contributed by atoms with Gasteiger partial charge < -0.3 is 9.80 Å². The summed E-state index contributed by atoms with van der Waals surface area (Å²) < 4.78 is 38.1. The van der Waals surface area contributed by atoms with Gasteiger partial charge in [-0.1, -0.05) is 11.6 Å².